The molecule has 2 bridgehead atoms. The van der Waals surface area contributed by atoms with Gasteiger partial charge in [0.2, 0.25) is 11.8 Å². The lowest BCUT2D eigenvalue weighted by molar-refractivity contribution is -0.167. The first-order chi connectivity index (χ1) is 24.6. The van der Waals surface area contributed by atoms with Crippen molar-refractivity contribution in [1.82, 2.24) is 14.9 Å². The summed E-state index contributed by atoms with van der Waals surface area (Å²) < 4.78 is 24.2. The van der Waals surface area contributed by atoms with Crippen molar-refractivity contribution in [2.45, 2.75) is 124 Å². The van der Waals surface area contributed by atoms with E-state index in [2.05, 4.69) is 13.2 Å². The smallest absolute Gasteiger partial charge is 0.329 e. The summed E-state index contributed by atoms with van der Waals surface area (Å²) in [6, 6.07) is 4.48. The summed E-state index contributed by atoms with van der Waals surface area (Å²) in [5, 5.41) is 0. The number of aromatic nitrogens is 2. The van der Waals surface area contributed by atoms with Crippen molar-refractivity contribution >= 4 is 35.0 Å². The second kappa shape index (κ2) is 16.0. The van der Waals surface area contributed by atoms with E-state index < -0.39 is 41.0 Å². The molecule has 2 heterocycles. The van der Waals surface area contributed by atoms with E-state index in [0.29, 0.717) is 46.7 Å². The van der Waals surface area contributed by atoms with Crippen molar-refractivity contribution < 1.29 is 33.3 Å². The lowest BCUT2D eigenvalue weighted by Crippen LogP contribution is -2.50. The molecule has 0 unspecified atom stereocenters. The molecule has 0 spiro atoms. The average Bonchev–Trinajstić information content (AvgIpc) is 3.79. The number of carbonyl (C=O) groups excluding carboxylic acids is 3. The van der Waals surface area contributed by atoms with E-state index in [1.807, 2.05) is 66.7 Å². The molecule has 2 saturated carbocycles. The third-order valence-electron chi connectivity index (χ3n) is 11.3. The van der Waals surface area contributed by atoms with Crippen molar-refractivity contribution in [3.05, 3.63) is 43.1 Å². The quantitative estimate of drug-likeness (QED) is 0.109. The van der Waals surface area contributed by atoms with Gasteiger partial charge in [-0.25, -0.2) is 14.8 Å². The minimum absolute atomic E-state index is 0.0754. The summed E-state index contributed by atoms with van der Waals surface area (Å²) in [6.45, 7) is 21.2. The van der Waals surface area contributed by atoms with Crippen LogP contribution in [0.5, 0.6) is 11.6 Å². The number of methoxy groups -OCH3 is 1. The van der Waals surface area contributed by atoms with Crippen LogP contribution in [0.25, 0.3) is 17.1 Å². The van der Waals surface area contributed by atoms with Crippen LogP contribution in [0.4, 0.5) is 0 Å². The molecule has 52 heavy (non-hydrogen) atoms. The van der Waals surface area contributed by atoms with Crippen LogP contribution in [0.3, 0.4) is 0 Å². The van der Waals surface area contributed by atoms with E-state index in [4.69, 9.17) is 28.9 Å². The minimum atomic E-state index is -0.928. The zero-order valence-electron chi connectivity index (χ0n) is 32.5. The van der Waals surface area contributed by atoms with Crippen LogP contribution >= 0.6 is 0 Å². The molecule has 2 aliphatic carbocycles. The first-order valence-corrected chi connectivity index (χ1v) is 19.1. The number of allylic oxidation sites excluding steroid dienone is 1. The van der Waals surface area contributed by atoms with Gasteiger partial charge in [-0.3, -0.25) is 9.59 Å². The molecule has 1 saturated heterocycles. The van der Waals surface area contributed by atoms with Crippen LogP contribution in [-0.2, 0) is 23.9 Å². The molecule has 1 aliphatic heterocycles. The van der Waals surface area contributed by atoms with Crippen LogP contribution < -0.4 is 9.47 Å². The molecule has 5 rings (SSSR count). The minimum Gasteiger partial charge on any atom is -0.497 e. The highest BCUT2D eigenvalue weighted by atomic mass is 16.6. The highest BCUT2D eigenvalue weighted by Gasteiger charge is 2.53. The van der Waals surface area contributed by atoms with Gasteiger partial charge in [-0.05, 0) is 107 Å². The van der Waals surface area contributed by atoms with Crippen LogP contribution in [0, 0.1) is 35.0 Å². The fraction of sp³-hybridized carbons (Fsp3) is 0.643. The standard InChI is InChI=1S/C42H59N3O7/c1-11-14-15-16-29-25-17-18-26(21-25)37(29)51-35(46)23-30(41(4,5)6)39(47)45-24-34(28(12-2)36(45)40(48)52-42(7,8)9)50-38-31(13-3)43-32-20-19-27(49-10)22-33(32)44-38/h11,13,19-20,22,25-26,28-30,34,36-37H,1,3,12,14-18,21,23-24H2,2,4-10H3/t25-,26+,28+,29-,30+,34-,36-,37-/m0/s1. The first-order valence-electron chi connectivity index (χ1n) is 19.1. The number of unbranched alkanes of at least 4 members (excludes halogenated alkanes) is 1. The molecule has 10 heteroatoms. The van der Waals surface area contributed by atoms with Crippen molar-refractivity contribution in [2.75, 3.05) is 13.7 Å². The number of fused-ring (bicyclic) bond motifs is 3. The van der Waals surface area contributed by atoms with E-state index >= 15 is 0 Å². The average molecular weight is 718 g/mol. The van der Waals surface area contributed by atoms with Crippen LogP contribution in [0.2, 0.25) is 0 Å². The second-order valence-electron chi connectivity index (χ2n) is 17.0. The Morgan fingerprint density at radius 2 is 1.75 bits per heavy atom. The molecule has 1 aromatic carbocycles. The zero-order valence-corrected chi connectivity index (χ0v) is 32.5. The van der Waals surface area contributed by atoms with E-state index in [0.717, 1.165) is 32.1 Å². The van der Waals surface area contributed by atoms with Gasteiger partial charge < -0.3 is 23.8 Å². The fourth-order valence-corrected chi connectivity index (χ4v) is 8.67. The lowest BCUT2D eigenvalue weighted by Gasteiger charge is -2.36. The number of hydrogen-bond acceptors (Lipinski definition) is 9. The number of amides is 1. The molecule has 284 valence electrons. The van der Waals surface area contributed by atoms with Gasteiger partial charge in [0.25, 0.3) is 0 Å². The Balaban J connectivity index is 1.42. The number of carbonyl (C=O) groups is 3. The Morgan fingerprint density at radius 1 is 1.02 bits per heavy atom. The third kappa shape index (κ3) is 8.63. The van der Waals surface area contributed by atoms with Crippen molar-refractivity contribution in [1.29, 1.82) is 0 Å². The molecular formula is C42H59N3O7. The van der Waals surface area contributed by atoms with Gasteiger partial charge in [0, 0.05) is 12.0 Å². The van der Waals surface area contributed by atoms with Gasteiger partial charge in [-0.15, -0.1) is 6.58 Å². The number of esters is 2. The number of benzene rings is 1. The van der Waals surface area contributed by atoms with Crippen LogP contribution in [-0.4, -0.2) is 70.2 Å². The molecular weight excluding hydrogens is 658 g/mol. The zero-order chi connectivity index (χ0) is 38.0. The van der Waals surface area contributed by atoms with Gasteiger partial charge in [0.15, 0.2) is 0 Å². The van der Waals surface area contributed by atoms with E-state index in [1.54, 1.807) is 24.2 Å². The Hall–Kier alpha value is -3.95. The highest BCUT2D eigenvalue weighted by molar-refractivity contribution is 5.90. The van der Waals surface area contributed by atoms with Crippen LogP contribution in [0.15, 0.2) is 37.4 Å². The Kier molecular flexibility index (Phi) is 12.1. The van der Waals surface area contributed by atoms with Gasteiger partial charge in [-0.1, -0.05) is 40.3 Å². The number of nitrogens with zero attached hydrogens (tertiary/aromatic N) is 3. The van der Waals surface area contributed by atoms with Crippen LogP contribution in [0.1, 0.15) is 106 Å². The number of likely N-dealkylation sites (tertiary alicyclic amines) is 1. The lowest BCUT2D eigenvalue weighted by atomic mass is 9.77. The summed E-state index contributed by atoms with van der Waals surface area (Å²) in [7, 11) is 1.59. The summed E-state index contributed by atoms with van der Waals surface area (Å²) in [4.78, 5) is 53.7. The van der Waals surface area contributed by atoms with Gasteiger partial charge >= 0.3 is 11.9 Å². The van der Waals surface area contributed by atoms with Crippen molar-refractivity contribution in [3.63, 3.8) is 0 Å². The molecule has 1 aromatic heterocycles. The molecule has 0 radical (unpaired) electrons. The van der Waals surface area contributed by atoms with Gasteiger partial charge in [0.05, 0.1) is 37.0 Å². The largest absolute Gasteiger partial charge is 0.497 e. The molecule has 2 aromatic rings. The summed E-state index contributed by atoms with van der Waals surface area (Å²) in [5.41, 5.74) is 0.292. The monoisotopic (exact) mass is 717 g/mol. The summed E-state index contributed by atoms with van der Waals surface area (Å²) >= 11 is 0. The molecule has 0 N–H and O–H groups in total. The summed E-state index contributed by atoms with van der Waals surface area (Å²) in [6.07, 6.45) is 9.62. The van der Waals surface area contributed by atoms with Gasteiger partial charge in [-0.2, -0.15) is 0 Å². The Bertz CT molecular complexity index is 1640. The third-order valence-corrected chi connectivity index (χ3v) is 11.3. The molecule has 1 amide bonds. The maximum atomic E-state index is 14.8. The molecule has 10 nitrogen and oxygen atoms in total. The molecule has 3 fully saturated rings. The number of ether oxygens (including phenoxy) is 4. The Labute approximate surface area is 309 Å². The second-order valence-corrected chi connectivity index (χ2v) is 17.0. The predicted molar refractivity (Wildman–Crippen MR) is 202 cm³/mol. The summed E-state index contributed by atoms with van der Waals surface area (Å²) in [5.74, 6) is -0.114. The number of hydrogen-bond donors (Lipinski definition) is 0. The first kappa shape index (κ1) is 39.3. The normalized spacial score (nSPS) is 26.2. The van der Waals surface area contributed by atoms with Crippen molar-refractivity contribution in [2.24, 2.45) is 35.0 Å². The maximum Gasteiger partial charge on any atom is 0.329 e. The highest BCUT2D eigenvalue weighted by Crippen LogP contribution is 2.52. The van der Waals surface area contributed by atoms with Gasteiger partial charge in [0.1, 0.15) is 35.3 Å². The van der Waals surface area contributed by atoms with Crippen molar-refractivity contribution in [3.8, 4) is 11.6 Å². The topological polar surface area (TPSA) is 117 Å². The fourth-order valence-electron chi connectivity index (χ4n) is 8.67. The molecule has 3 aliphatic rings. The van der Waals surface area contributed by atoms with E-state index in [9.17, 15) is 14.4 Å². The maximum absolute atomic E-state index is 14.8. The van der Waals surface area contributed by atoms with E-state index in [1.165, 1.54) is 6.42 Å². The number of rotatable bonds is 14. The predicted octanol–water partition coefficient (Wildman–Crippen LogP) is 7.97. The SMILES string of the molecule is C=CCCC[C@H]1[C@H]2CC[C@H](C2)[C@@H]1OC(=O)C[C@H](C(=O)N1C[C@H](Oc2nc3cc(OC)ccc3nc2C=C)[C@@H](CC)[C@H]1C(=O)OC(C)(C)C)C(C)(C)C. The molecule has 8 atom stereocenters. The van der Waals surface area contributed by atoms with E-state index in [-0.39, 0.29) is 36.8 Å². The Morgan fingerprint density at radius 3 is 2.38 bits per heavy atom.